The van der Waals surface area contributed by atoms with Crippen molar-refractivity contribution in [3.05, 3.63) is 46.3 Å². The van der Waals surface area contributed by atoms with E-state index in [0.29, 0.717) is 12.0 Å². The number of rotatable bonds is 8. The molecule has 0 saturated carbocycles. The number of hydrogen-bond donors (Lipinski definition) is 1. The van der Waals surface area contributed by atoms with Crippen LogP contribution in [0.15, 0.2) is 35.4 Å². The molecule has 6 atom stereocenters. The number of nitrogens with one attached hydrogen (secondary N) is 1. The van der Waals surface area contributed by atoms with Crippen molar-refractivity contribution in [2.75, 3.05) is 6.79 Å². The molecule has 0 radical (unpaired) electrons. The Kier molecular flexibility index (Phi) is 7.17. The molecule has 212 valence electrons. The Bertz CT molecular complexity index is 1320. The van der Waals surface area contributed by atoms with Crippen molar-refractivity contribution in [2.24, 2.45) is 5.11 Å². The zero-order valence-electron chi connectivity index (χ0n) is 22.2. The second kappa shape index (κ2) is 10.2. The van der Waals surface area contributed by atoms with Crippen LogP contribution in [0.1, 0.15) is 45.7 Å². The molecule has 1 N–H and O–H groups in total. The Morgan fingerprint density at radius 1 is 1.05 bits per heavy atom. The lowest BCUT2D eigenvalue weighted by Gasteiger charge is -2.44. The van der Waals surface area contributed by atoms with Gasteiger partial charge in [0.1, 0.15) is 29.5 Å². The summed E-state index contributed by atoms with van der Waals surface area (Å²) in [6.45, 7) is 6.62. The smallest absolute Gasteiger partial charge is 0.333 e. The minimum Gasteiger partial charge on any atom is -0.426 e. The van der Waals surface area contributed by atoms with Crippen LogP contribution in [0.5, 0.6) is 0 Å². The molecular weight excluding hydrogens is 560 g/mol. The van der Waals surface area contributed by atoms with Crippen molar-refractivity contribution in [1.29, 1.82) is 0 Å². The second-order valence-corrected chi connectivity index (χ2v) is 14.5. The van der Waals surface area contributed by atoms with E-state index in [1.807, 2.05) is 13.8 Å². The Labute approximate surface area is 238 Å². The van der Waals surface area contributed by atoms with Crippen LogP contribution in [0.25, 0.3) is 10.4 Å². The minimum atomic E-state index is -1.16. The minimum absolute atomic E-state index is 0.0589. The predicted octanol–water partition coefficient (Wildman–Crippen LogP) is 2.08. The fourth-order valence-corrected chi connectivity index (χ4v) is 8.82. The van der Waals surface area contributed by atoms with Gasteiger partial charge in [0.25, 0.3) is 0 Å². The van der Waals surface area contributed by atoms with E-state index in [4.69, 9.17) is 15.0 Å². The van der Waals surface area contributed by atoms with Crippen LogP contribution in [0.2, 0.25) is 0 Å². The highest BCUT2D eigenvalue weighted by Gasteiger charge is 2.65. The summed E-state index contributed by atoms with van der Waals surface area (Å²) >= 11 is 2.86. The molecule has 13 nitrogen and oxygen atoms in total. The van der Waals surface area contributed by atoms with E-state index in [1.54, 1.807) is 44.2 Å². The third-order valence-electron chi connectivity index (χ3n) is 7.44. The largest absolute Gasteiger partial charge is 0.426 e. The van der Waals surface area contributed by atoms with Gasteiger partial charge < -0.3 is 24.6 Å². The van der Waals surface area contributed by atoms with E-state index < -0.39 is 69.6 Å². The Balaban J connectivity index is 1.19. The van der Waals surface area contributed by atoms with Gasteiger partial charge in [0.2, 0.25) is 24.5 Å². The molecule has 40 heavy (non-hydrogen) atoms. The Hall–Kier alpha value is -3.42. The van der Waals surface area contributed by atoms with E-state index >= 15 is 0 Å². The van der Waals surface area contributed by atoms with Gasteiger partial charge in [-0.2, -0.15) is 0 Å². The van der Waals surface area contributed by atoms with Crippen LogP contribution in [-0.4, -0.2) is 84.6 Å². The summed E-state index contributed by atoms with van der Waals surface area (Å²) in [4.78, 5) is 69.6. The standard InChI is InChI=1S/C25H28N6O7S2/c1-24(2)17(30-13(32)10-14(30)39-24)22(35)37-11-38-23(36)18-25(3,4)40-21-16(20(34)31(18)21)27-19(33)15(28-29-26)12-8-6-5-7-9-12/h5-9,14-18,21H,10-11H2,1-4H3,(H,27,33)/t14-,15-,16?,17+,18+,21-/m1/s1. The average Bonchev–Trinajstić information content (AvgIpc) is 3.29. The quantitative estimate of drug-likeness (QED) is 0.119. The first kappa shape index (κ1) is 28.1. The van der Waals surface area contributed by atoms with Crippen LogP contribution in [0, 0.1) is 0 Å². The molecule has 1 unspecified atom stereocenters. The molecular formula is C25H28N6O7S2. The zero-order chi connectivity index (χ0) is 29.0. The van der Waals surface area contributed by atoms with Gasteiger partial charge in [-0.25, -0.2) is 9.59 Å². The van der Waals surface area contributed by atoms with Crippen LogP contribution < -0.4 is 5.32 Å². The Morgan fingerprint density at radius 3 is 2.25 bits per heavy atom. The van der Waals surface area contributed by atoms with Crippen molar-refractivity contribution in [3.8, 4) is 0 Å². The fourth-order valence-electron chi connectivity index (χ4n) is 5.58. The second-order valence-electron chi connectivity index (χ2n) is 10.9. The topological polar surface area (TPSA) is 171 Å². The molecule has 3 amide bonds. The zero-order valence-corrected chi connectivity index (χ0v) is 23.8. The maximum Gasteiger partial charge on any atom is 0.333 e. The monoisotopic (exact) mass is 588 g/mol. The highest BCUT2D eigenvalue weighted by Crippen LogP contribution is 2.52. The number of benzene rings is 1. The molecule has 1 aromatic carbocycles. The molecule has 0 bridgehead atoms. The van der Waals surface area contributed by atoms with Crippen molar-refractivity contribution in [1.82, 2.24) is 15.1 Å². The molecule has 4 aliphatic rings. The van der Waals surface area contributed by atoms with Crippen LogP contribution in [-0.2, 0) is 33.4 Å². The molecule has 5 rings (SSSR count). The fraction of sp³-hybridized carbons (Fsp3) is 0.560. The van der Waals surface area contributed by atoms with E-state index in [2.05, 4.69) is 15.3 Å². The molecule has 1 aromatic rings. The lowest BCUT2D eigenvalue weighted by atomic mass is 9.95. The number of fused-ring (bicyclic) bond motifs is 2. The van der Waals surface area contributed by atoms with Crippen LogP contribution in [0.3, 0.4) is 0 Å². The first-order chi connectivity index (χ1) is 18.9. The van der Waals surface area contributed by atoms with Crippen molar-refractivity contribution >= 4 is 53.2 Å². The summed E-state index contributed by atoms with van der Waals surface area (Å²) in [6, 6.07) is 4.62. The van der Waals surface area contributed by atoms with Crippen molar-refractivity contribution in [3.63, 3.8) is 0 Å². The lowest BCUT2D eigenvalue weighted by molar-refractivity contribution is -0.181. The molecule has 4 fully saturated rings. The number of amides is 3. The molecule has 4 heterocycles. The van der Waals surface area contributed by atoms with Crippen LogP contribution >= 0.6 is 23.5 Å². The van der Waals surface area contributed by atoms with Gasteiger partial charge in [-0.15, -0.1) is 23.5 Å². The molecule has 4 aliphatic heterocycles. The van der Waals surface area contributed by atoms with Gasteiger partial charge in [-0.1, -0.05) is 35.4 Å². The van der Waals surface area contributed by atoms with Gasteiger partial charge in [0.05, 0.1) is 11.8 Å². The highest BCUT2D eigenvalue weighted by atomic mass is 32.2. The third kappa shape index (κ3) is 4.65. The summed E-state index contributed by atoms with van der Waals surface area (Å²) in [7, 11) is 0. The van der Waals surface area contributed by atoms with E-state index in [-0.39, 0.29) is 11.3 Å². The first-order valence-corrected chi connectivity index (χ1v) is 14.3. The van der Waals surface area contributed by atoms with E-state index in [1.165, 1.54) is 33.3 Å². The van der Waals surface area contributed by atoms with E-state index in [0.717, 1.165) is 0 Å². The number of β-lactam (4-membered cyclic amide) rings is 2. The number of ether oxygens (including phenoxy) is 2. The maximum atomic E-state index is 13.1. The van der Waals surface area contributed by atoms with Gasteiger partial charge in [-0.3, -0.25) is 14.4 Å². The van der Waals surface area contributed by atoms with Gasteiger partial charge in [0, 0.05) is 14.4 Å². The molecule has 4 saturated heterocycles. The van der Waals surface area contributed by atoms with E-state index in [9.17, 15) is 24.0 Å². The molecule has 15 heteroatoms. The number of carbonyl (C=O) groups excluding carboxylic acids is 5. The van der Waals surface area contributed by atoms with Crippen molar-refractivity contribution < 1.29 is 33.4 Å². The van der Waals surface area contributed by atoms with Gasteiger partial charge >= 0.3 is 11.9 Å². The lowest BCUT2D eigenvalue weighted by Crippen LogP contribution is -2.71. The number of thioether (sulfide) groups is 2. The molecule has 0 aliphatic carbocycles. The molecule has 0 spiro atoms. The number of carbonyl (C=O) groups is 5. The third-order valence-corrected chi connectivity index (χ3v) is 10.5. The first-order valence-electron chi connectivity index (χ1n) is 12.6. The molecule has 0 aromatic heterocycles. The predicted molar refractivity (Wildman–Crippen MR) is 144 cm³/mol. The highest BCUT2D eigenvalue weighted by molar-refractivity contribution is 8.02. The van der Waals surface area contributed by atoms with Crippen LogP contribution in [0.4, 0.5) is 0 Å². The summed E-state index contributed by atoms with van der Waals surface area (Å²) in [5.74, 6) is -2.63. The van der Waals surface area contributed by atoms with Gasteiger partial charge in [-0.05, 0) is 38.8 Å². The number of nitrogens with zero attached hydrogens (tertiary/aromatic N) is 5. The van der Waals surface area contributed by atoms with Gasteiger partial charge in [0.15, 0.2) is 0 Å². The Morgan fingerprint density at radius 2 is 1.65 bits per heavy atom. The number of azide groups is 1. The SMILES string of the molecule is CC1(C)S[C@@H]2C(NC(=O)[C@H](N=[N+]=[N-])c3ccccc3)C(=O)N2[C@H]1C(=O)OCOC(=O)[C@@H]1N2C(=O)C[C@H]2SC1(C)C. The number of esters is 2. The summed E-state index contributed by atoms with van der Waals surface area (Å²) < 4.78 is 9.19. The summed E-state index contributed by atoms with van der Waals surface area (Å²) in [5.41, 5.74) is 9.43. The summed E-state index contributed by atoms with van der Waals surface area (Å²) in [5, 5.41) is 5.65. The number of hydrogen-bond acceptors (Lipinski definition) is 10. The maximum absolute atomic E-state index is 13.1. The average molecular weight is 589 g/mol. The summed E-state index contributed by atoms with van der Waals surface area (Å²) in [6.07, 6.45) is 0.381. The van der Waals surface area contributed by atoms with Crippen molar-refractivity contribution in [2.45, 2.75) is 78.5 Å². The normalized spacial score (nSPS) is 29.6.